The molecule has 1 aromatic heterocycles. The molecule has 1 aromatic carbocycles. The molecule has 0 fully saturated rings. The van der Waals surface area contributed by atoms with Crippen LogP contribution in [0, 0.1) is 0 Å². The molecule has 2 rings (SSSR count). The molecule has 0 amide bonds. The lowest BCUT2D eigenvalue weighted by Crippen LogP contribution is -2.01. The van der Waals surface area contributed by atoms with E-state index in [9.17, 15) is 4.79 Å². The summed E-state index contributed by atoms with van der Waals surface area (Å²) in [6.45, 7) is 0. The quantitative estimate of drug-likeness (QED) is 0.581. The summed E-state index contributed by atoms with van der Waals surface area (Å²) < 4.78 is 2.77. The number of carbonyl (C=O) groups is 1. The number of rotatable bonds is 3. The van der Waals surface area contributed by atoms with Crippen LogP contribution in [0.15, 0.2) is 43.1 Å². The number of ketones is 1. The van der Waals surface area contributed by atoms with Gasteiger partial charge in [-0.2, -0.15) is 0 Å². The van der Waals surface area contributed by atoms with Crippen molar-refractivity contribution in [1.29, 1.82) is 0 Å². The smallest absolute Gasteiger partial charge is 0.178 e. The van der Waals surface area contributed by atoms with Crippen molar-refractivity contribution in [1.82, 2.24) is 0 Å². The van der Waals surface area contributed by atoms with E-state index in [4.69, 9.17) is 0 Å². The van der Waals surface area contributed by atoms with Crippen molar-refractivity contribution in [2.75, 3.05) is 0 Å². The molecule has 0 saturated heterocycles. The van der Waals surface area contributed by atoms with E-state index in [0.29, 0.717) is 6.42 Å². The van der Waals surface area contributed by atoms with E-state index in [-0.39, 0.29) is 5.78 Å². The Kier molecular flexibility index (Phi) is 4.58. The van der Waals surface area contributed by atoms with Crippen molar-refractivity contribution >= 4 is 64.9 Å². The fourth-order valence-corrected chi connectivity index (χ4v) is 4.00. The highest BCUT2D eigenvalue weighted by Crippen LogP contribution is 2.33. The van der Waals surface area contributed by atoms with E-state index < -0.39 is 0 Å². The van der Waals surface area contributed by atoms with Gasteiger partial charge < -0.3 is 0 Å². The number of thiophene rings is 1. The molecule has 17 heavy (non-hydrogen) atoms. The second kappa shape index (κ2) is 5.78. The van der Waals surface area contributed by atoms with Crippen molar-refractivity contribution < 1.29 is 4.79 Å². The molecule has 0 atom stereocenters. The third-order valence-corrected chi connectivity index (χ3v) is 6.26. The van der Waals surface area contributed by atoms with E-state index in [1.165, 1.54) is 11.3 Å². The standard InChI is InChI=1S/C12H7Br3OS/c13-8-3-1-2-7(4-8)5-10(16)12-11(15)9(14)6-17-12/h1-4,6H,5H2. The summed E-state index contributed by atoms with van der Waals surface area (Å²) in [5, 5.41) is 1.91. The molecule has 0 aliphatic carbocycles. The van der Waals surface area contributed by atoms with Gasteiger partial charge in [0.1, 0.15) is 0 Å². The molecule has 5 heteroatoms. The molecule has 0 aliphatic heterocycles. The Morgan fingerprint density at radius 3 is 2.59 bits per heavy atom. The zero-order valence-corrected chi connectivity index (χ0v) is 14.1. The van der Waals surface area contributed by atoms with Gasteiger partial charge in [-0.05, 0) is 49.6 Å². The number of hydrogen-bond acceptors (Lipinski definition) is 2. The highest BCUT2D eigenvalue weighted by atomic mass is 79.9. The Balaban J connectivity index is 2.20. The second-order valence-electron chi connectivity index (χ2n) is 3.46. The molecule has 0 spiro atoms. The van der Waals surface area contributed by atoms with E-state index in [2.05, 4.69) is 47.8 Å². The molecule has 0 aliphatic rings. The summed E-state index contributed by atoms with van der Waals surface area (Å²) in [5.74, 6) is 0.130. The van der Waals surface area contributed by atoms with Crippen LogP contribution in [-0.4, -0.2) is 5.78 Å². The first kappa shape index (κ1) is 13.5. The van der Waals surface area contributed by atoms with Crippen molar-refractivity contribution in [3.63, 3.8) is 0 Å². The number of hydrogen-bond donors (Lipinski definition) is 0. The Morgan fingerprint density at radius 1 is 1.24 bits per heavy atom. The summed E-state index contributed by atoms with van der Waals surface area (Å²) in [6, 6.07) is 7.81. The molecule has 88 valence electrons. The number of carbonyl (C=O) groups excluding carboxylic acids is 1. The minimum atomic E-state index is 0.130. The zero-order valence-electron chi connectivity index (χ0n) is 8.54. The topological polar surface area (TPSA) is 17.1 Å². The molecule has 0 saturated carbocycles. The number of halogens is 3. The summed E-state index contributed by atoms with van der Waals surface area (Å²) in [5.41, 5.74) is 1.01. The minimum absolute atomic E-state index is 0.130. The second-order valence-corrected chi connectivity index (χ2v) is 6.90. The third-order valence-electron chi connectivity index (χ3n) is 2.20. The largest absolute Gasteiger partial charge is 0.293 e. The summed E-state index contributed by atoms with van der Waals surface area (Å²) in [7, 11) is 0. The van der Waals surface area contributed by atoms with Crippen LogP contribution in [0.4, 0.5) is 0 Å². The highest BCUT2D eigenvalue weighted by Gasteiger charge is 2.15. The van der Waals surface area contributed by atoms with E-state index >= 15 is 0 Å². The van der Waals surface area contributed by atoms with E-state index in [1.807, 2.05) is 29.6 Å². The minimum Gasteiger partial charge on any atom is -0.293 e. The molecular weight excluding hydrogens is 432 g/mol. The van der Waals surface area contributed by atoms with Gasteiger partial charge in [-0.25, -0.2) is 0 Å². The molecule has 0 unspecified atom stereocenters. The molecule has 0 bridgehead atoms. The fourth-order valence-electron chi connectivity index (χ4n) is 1.42. The first-order chi connectivity index (χ1) is 8.08. The first-order valence-corrected chi connectivity index (χ1v) is 8.04. The van der Waals surface area contributed by atoms with Crippen molar-refractivity contribution in [2.24, 2.45) is 0 Å². The number of Topliss-reactive ketones (excluding diaryl/α,β-unsaturated/α-hetero) is 1. The van der Waals surface area contributed by atoms with Gasteiger partial charge in [0.2, 0.25) is 0 Å². The SMILES string of the molecule is O=C(Cc1cccc(Br)c1)c1scc(Br)c1Br. The van der Waals surface area contributed by atoms with Crippen LogP contribution in [0.5, 0.6) is 0 Å². The van der Waals surface area contributed by atoms with Gasteiger partial charge >= 0.3 is 0 Å². The monoisotopic (exact) mass is 436 g/mol. The van der Waals surface area contributed by atoms with Crippen molar-refractivity contribution in [2.45, 2.75) is 6.42 Å². The Labute approximate surface area is 129 Å². The Morgan fingerprint density at radius 2 is 2.00 bits per heavy atom. The predicted molar refractivity (Wildman–Crippen MR) is 81.9 cm³/mol. The summed E-state index contributed by atoms with van der Waals surface area (Å²) in [6.07, 6.45) is 0.422. The lowest BCUT2D eigenvalue weighted by atomic mass is 10.1. The average molecular weight is 439 g/mol. The summed E-state index contributed by atoms with van der Waals surface area (Å²) in [4.78, 5) is 12.9. The van der Waals surface area contributed by atoms with Gasteiger partial charge in [-0.3, -0.25) is 4.79 Å². The zero-order chi connectivity index (χ0) is 12.4. The lowest BCUT2D eigenvalue weighted by Gasteiger charge is -2.01. The Hall–Kier alpha value is 0.0300. The van der Waals surface area contributed by atoms with Crippen LogP contribution in [0.25, 0.3) is 0 Å². The van der Waals surface area contributed by atoms with Crippen molar-refractivity contribution in [3.8, 4) is 0 Å². The normalized spacial score (nSPS) is 10.5. The number of benzene rings is 1. The highest BCUT2D eigenvalue weighted by molar-refractivity contribution is 9.13. The molecule has 0 N–H and O–H groups in total. The van der Waals surface area contributed by atoms with E-state index in [0.717, 1.165) is 23.9 Å². The van der Waals surface area contributed by atoms with Crippen LogP contribution < -0.4 is 0 Å². The molecule has 0 radical (unpaired) electrons. The van der Waals surface area contributed by atoms with Gasteiger partial charge in [0.25, 0.3) is 0 Å². The molecule has 1 heterocycles. The van der Waals surface area contributed by atoms with Gasteiger partial charge in [0.15, 0.2) is 5.78 Å². The van der Waals surface area contributed by atoms with E-state index in [1.54, 1.807) is 0 Å². The fraction of sp³-hybridized carbons (Fsp3) is 0.0833. The van der Waals surface area contributed by atoms with Crippen molar-refractivity contribution in [3.05, 3.63) is 53.5 Å². The summed E-state index contributed by atoms with van der Waals surface area (Å²) >= 11 is 11.7. The molecule has 1 nitrogen and oxygen atoms in total. The maximum absolute atomic E-state index is 12.1. The average Bonchev–Trinajstić information content (AvgIpc) is 2.60. The molecule has 2 aromatic rings. The van der Waals surface area contributed by atoms with Gasteiger partial charge in [0, 0.05) is 20.7 Å². The maximum atomic E-state index is 12.1. The van der Waals surface area contributed by atoms with Crippen LogP contribution in [0.2, 0.25) is 0 Å². The first-order valence-electron chi connectivity index (χ1n) is 4.78. The van der Waals surface area contributed by atoms with Gasteiger partial charge in [-0.15, -0.1) is 11.3 Å². The Bertz CT molecular complexity index is 563. The van der Waals surface area contributed by atoms with Gasteiger partial charge in [-0.1, -0.05) is 28.1 Å². The third kappa shape index (κ3) is 3.28. The predicted octanol–water partition coefficient (Wildman–Crippen LogP) is 5.46. The molecular formula is C12H7Br3OS. The lowest BCUT2D eigenvalue weighted by molar-refractivity contribution is 0.0996. The van der Waals surface area contributed by atoms with Crippen LogP contribution in [0.3, 0.4) is 0 Å². The maximum Gasteiger partial charge on any atom is 0.178 e. The van der Waals surface area contributed by atoms with Crippen LogP contribution in [0.1, 0.15) is 15.2 Å². The van der Waals surface area contributed by atoms with Gasteiger partial charge in [0.05, 0.1) is 9.35 Å². The van der Waals surface area contributed by atoms with Crippen LogP contribution >= 0.6 is 59.1 Å². The van der Waals surface area contributed by atoms with Crippen LogP contribution in [-0.2, 0) is 6.42 Å².